The molecule has 0 aromatic rings. The van der Waals surface area contributed by atoms with Crippen LogP contribution in [-0.4, -0.2) is 40.1 Å². The highest BCUT2D eigenvalue weighted by Crippen LogP contribution is 2.30. The van der Waals surface area contributed by atoms with Crippen LogP contribution in [0.4, 0.5) is 0 Å². The van der Waals surface area contributed by atoms with Crippen molar-refractivity contribution in [2.75, 3.05) is 0 Å². The maximum absolute atomic E-state index is 4.10. The third-order valence-electron chi connectivity index (χ3n) is 5.14. The van der Waals surface area contributed by atoms with Crippen molar-refractivity contribution >= 4 is 40.1 Å². The summed E-state index contributed by atoms with van der Waals surface area (Å²) >= 11 is 0. The highest BCUT2D eigenvalue weighted by molar-refractivity contribution is 7.47. The van der Waals surface area contributed by atoms with Crippen molar-refractivity contribution in [1.29, 1.82) is 0 Å². The van der Waals surface area contributed by atoms with Crippen LogP contribution in [0.15, 0.2) is 36.8 Å². The largest absolute Gasteiger partial charge is 0.107 e. The first kappa shape index (κ1) is 58.3. The molecule has 0 rings (SSSR count). The van der Waals surface area contributed by atoms with Gasteiger partial charge < -0.3 is 0 Å². The highest BCUT2D eigenvalue weighted by Gasteiger charge is 2.43. The van der Waals surface area contributed by atoms with Crippen LogP contribution in [0.5, 0.6) is 0 Å². The summed E-state index contributed by atoms with van der Waals surface area (Å²) in [6.45, 7) is 43.0. The summed E-state index contributed by atoms with van der Waals surface area (Å²) in [5.74, 6) is 0. The Bertz CT molecular complexity index is 406. The fraction of sp³-hybridized carbons (Fsp3) is 0.778. The van der Waals surface area contributed by atoms with Crippen LogP contribution in [0, 0.1) is 0 Å². The van der Waals surface area contributed by atoms with Gasteiger partial charge in [0.15, 0.2) is 0 Å². The SMILES string of the molecule is C.C.C.C.C.C.C=C[Si](C)(C)C[Si](C)(C=C)[Si](C)(C)C=C.CC(C)[SiH](C)C.C[Si](C)(C)C. The number of hydrogen-bond acceptors (Lipinski definition) is 0. The standard InChI is InChI=1S/C12H26Si3.C5H14Si.C4H12Si.6CH4/c1-9-13(4,5)12-15(8,11-3)14(6,7)10-2;1-5(2)6(3)4;1-5(2,3)4;;;;;;/h9-11H,1-3,12H2,4-8H3;5-6H,1-4H3;1-4H3;6*1H4. The molecule has 1 atom stereocenters. The van der Waals surface area contributed by atoms with Crippen LogP contribution < -0.4 is 0 Å². The van der Waals surface area contributed by atoms with E-state index in [2.05, 4.69) is 123 Å². The molecule has 0 N–H and O–H groups in total. The van der Waals surface area contributed by atoms with Crippen LogP contribution in [0.1, 0.15) is 58.4 Å². The second-order valence-electron chi connectivity index (χ2n) is 11.4. The van der Waals surface area contributed by atoms with Crippen molar-refractivity contribution in [3.63, 3.8) is 0 Å². The molecule has 204 valence electrons. The molecule has 0 aliphatic rings. The van der Waals surface area contributed by atoms with Crippen molar-refractivity contribution in [3.8, 4) is 0 Å². The molecule has 0 bridgehead atoms. The zero-order valence-electron chi connectivity index (χ0n) is 20.7. The predicted molar refractivity (Wildman–Crippen MR) is 186 cm³/mol. The van der Waals surface area contributed by atoms with E-state index in [0.717, 1.165) is 5.54 Å². The van der Waals surface area contributed by atoms with Gasteiger partial charge in [-0.05, 0) is 0 Å². The van der Waals surface area contributed by atoms with Gasteiger partial charge in [0.25, 0.3) is 0 Å². The molecule has 0 aliphatic heterocycles. The van der Waals surface area contributed by atoms with E-state index >= 15 is 0 Å². The summed E-state index contributed by atoms with van der Waals surface area (Å²) in [7, 11) is -4.69. The monoisotopic (exact) mass is 540 g/mol. The molecule has 32 heavy (non-hydrogen) atoms. The summed E-state index contributed by atoms with van der Waals surface area (Å²) in [5.41, 5.74) is 9.12. The van der Waals surface area contributed by atoms with Gasteiger partial charge in [-0.3, -0.25) is 0 Å². The lowest BCUT2D eigenvalue weighted by molar-refractivity contribution is 1.04. The molecule has 0 saturated carbocycles. The normalized spacial score (nSPS) is 11.7. The number of rotatable bonds is 7. The van der Waals surface area contributed by atoms with Crippen molar-refractivity contribution in [2.45, 2.75) is 142 Å². The van der Waals surface area contributed by atoms with Gasteiger partial charge in [-0.25, -0.2) is 0 Å². The zero-order valence-corrected chi connectivity index (χ0v) is 25.9. The van der Waals surface area contributed by atoms with Crippen LogP contribution in [0.25, 0.3) is 0 Å². The fourth-order valence-corrected chi connectivity index (χ4v) is 24.5. The van der Waals surface area contributed by atoms with Crippen molar-refractivity contribution in [3.05, 3.63) is 36.8 Å². The summed E-state index contributed by atoms with van der Waals surface area (Å²) in [4.78, 5) is 0. The Labute approximate surface area is 217 Å². The van der Waals surface area contributed by atoms with Crippen LogP contribution in [0.2, 0.25) is 83.2 Å². The quantitative estimate of drug-likeness (QED) is 0.281. The van der Waals surface area contributed by atoms with Crippen molar-refractivity contribution in [1.82, 2.24) is 0 Å². The summed E-state index contributed by atoms with van der Waals surface area (Å²) in [6.07, 6.45) is 0. The second kappa shape index (κ2) is 24.4. The highest BCUT2D eigenvalue weighted by atomic mass is 29.3. The second-order valence-corrected chi connectivity index (χ2v) is 41.4. The van der Waals surface area contributed by atoms with Crippen LogP contribution in [0.3, 0.4) is 0 Å². The average Bonchev–Trinajstić information content (AvgIpc) is 2.45. The lowest BCUT2D eigenvalue weighted by atomic mass is 10.6. The predicted octanol–water partition coefficient (Wildman–Crippen LogP) is 11.9. The minimum absolute atomic E-state index is 0. The molecule has 0 heterocycles. The maximum Gasteiger partial charge on any atom is 0.0692 e. The minimum atomic E-state index is -1.33. The molecule has 0 fully saturated rings. The first-order valence-electron chi connectivity index (χ1n) is 10.2. The maximum atomic E-state index is 4.10. The van der Waals surface area contributed by atoms with E-state index in [-0.39, 0.29) is 53.4 Å². The Morgan fingerprint density at radius 3 is 1.00 bits per heavy atom. The lowest BCUT2D eigenvalue weighted by Gasteiger charge is -2.40. The number of hydrogen-bond donors (Lipinski definition) is 0. The molecule has 0 aliphatic carbocycles. The Kier molecular flexibility index (Phi) is 44.5. The molecular formula is C27H76Si5. The smallest absolute Gasteiger partial charge is 0.0692 e. The van der Waals surface area contributed by atoms with E-state index in [9.17, 15) is 0 Å². The Morgan fingerprint density at radius 2 is 0.875 bits per heavy atom. The molecule has 0 saturated heterocycles. The van der Waals surface area contributed by atoms with E-state index in [1.54, 1.807) is 0 Å². The van der Waals surface area contributed by atoms with Gasteiger partial charge in [-0.15, -0.1) is 36.8 Å². The Morgan fingerprint density at radius 1 is 0.625 bits per heavy atom. The zero-order chi connectivity index (χ0) is 22.0. The molecule has 0 aromatic carbocycles. The third kappa shape index (κ3) is 32.5. The molecule has 0 amide bonds. The molecule has 0 radical (unpaired) electrons. The lowest BCUT2D eigenvalue weighted by Crippen LogP contribution is -2.58. The molecular weight excluding hydrogens is 465 g/mol. The van der Waals surface area contributed by atoms with Gasteiger partial charge in [0.2, 0.25) is 0 Å². The van der Waals surface area contributed by atoms with Gasteiger partial charge in [-0.2, -0.15) is 0 Å². The van der Waals surface area contributed by atoms with E-state index in [0.29, 0.717) is 0 Å². The van der Waals surface area contributed by atoms with E-state index in [4.69, 9.17) is 0 Å². The van der Waals surface area contributed by atoms with Crippen molar-refractivity contribution < 1.29 is 0 Å². The summed E-state index contributed by atoms with van der Waals surface area (Å²) in [5, 5.41) is 0. The Hall–Kier alpha value is 0.304. The van der Waals surface area contributed by atoms with Gasteiger partial charge in [0.1, 0.15) is 0 Å². The summed E-state index contributed by atoms with van der Waals surface area (Å²) in [6, 6.07) is 0. The van der Waals surface area contributed by atoms with Gasteiger partial charge in [-0.1, -0.05) is 142 Å². The topological polar surface area (TPSA) is 0 Å². The average molecular weight is 541 g/mol. The van der Waals surface area contributed by atoms with Gasteiger partial charge in [0, 0.05) is 16.9 Å². The first-order valence-corrected chi connectivity index (χ1v) is 27.3. The molecule has 1 unspecified atom stereocenters. The van der Waals surface area contributed by atoms with Gasteiger partial charge in [0.05, 0.1) is 23.3 Å². The Balaban J connectivity index is -0.0000000382. The summed E-state index contributed by atoms with van der Waals surface area (Å²) < 4.78 is 0. The van der Waals surface area contributed by atoms with E-state index in [1.807, 2.05) is 0 Å². The minimum Gasteiger partial charge on any atom is -0.107 e. The van der Waals surface area contributed by atoms with Crippen molar-refractivity contribution in [2.24, 2.45) is 0 Å². The molecule has 0 aromatic heterocycles. The van der Waals surface area contributed by atoms with E-state index < -0.39 is 31.3 Å². The third-order valence-corrected chi connectivity index (χ3v) is 32.0. The van der Waals surface area contributed by atoms with Gasteiger partial charge >= 0.3 is 0 Å². The molecule has 0 nitrogen and oxygen atoms in total. The van der Waals surface area contributed by atoms with E-state index in [1.165, 1.54) is 5.67 Å². The molecule has 5 heteroatoms. The van der Waals surface area contributed by atoms with Crippen LogP contribution in [-0.2, 0) is 0 Å². The first-order chi connectivity index (χ1) is 11.3. The fourth-order valence-electron chi connectivity index (χ4n) is 1.81. The van der Waals surface area contributed by atoms with Crippen LogP contribution >= 0.6 is 0 Å². The molecule has 0 spiro atoms.